The zero-order valence-corrected chi connectivity index (χ0v) is 9.45. The molecule has 0 aliphatic heterocycles. The largest absolute Gasteiger partial charge is 0.325 e. The monoisotopic (exact) mass is 229 g/mol. The van der Waals surface area contributed by atoms with Crippen LogP contribution in [-0.4, -0.2) is 9.38 Å². The maximum absolute atomic E-state index is 5.80. The molecule has 0 spiro atoms. The van der Waals surface area contributed by atoms with Crippen molar-refractivity contribution in [2.24, 2.45) is 5.73 Å². The first kappa shape index (κ1) is 9.57. The summed E-state index contributed by atoms with van der Waals surface area (Å²) in [5, 5.41) is 2.02. The molecule has 2 heterocycles. The minimum Gasteiger partial charge on any atom is -0.325 e. The molecule has 0 bridgehead atoms. The molecule has 3 aromatic rings. The van der Waals surface area contributed by atoms with Gasteiger partial charge >= 0.3 is 0 Å². The molecule has 2 N–H and O–H groups in total. The van der Waals surface area contributed by atoms with Crippen LogP contribution >= 0.6 is 11.3 Å². The van der Waals surface area contributed by atoms with Crippen molar-refractivity contribution in [2.45, 2.75) is 6.54 Å². The van der Waals surface area contributed by atoms with Gasteiger partial charge in [-0.15, -0.1) is 11.3 Å². The summed E-state index contributed by atoms with van der Waals surface area (Å²) in [5.74, 6) is 0. The highest BCUT2D eigenvalue weighted by atomic mass is 32.1. The Morgan fingerprint density at radius 1 is 1.25 bits per heavy atom. The Balaban J connectivity index is 2.27. The zero-order valence-electron chi connectivity index (χ0n) is 8.63. The van der Waals surface area contributed by atoms with Crippen LogP contribution in [0, 0.1) is 0 Å². The van der Waals surface area contributed by atoms with E-state index in [1.165, 1.54) is 0 Å². The molecule has 2 aromatic heterocycles. The van der Waals surface area contributed by atoms with Gasteiger partial charge in [-0.25, -0.2) is 4.98 Å². The summed E-state index contributed by atoms with van der Waals surface area (Å²) in [4.78, 5) is 5.61. The van der Waals surface area contributed by atoms with Crippen molar-refractivity contribution < 1.29 is 0 Å². The molecular weight excluding hydrogens is 218 g/mol. The Morgan fingerprint density at radius 3 is 2.81 bits per heavy atom. The van der Waals surface area contributed by atoms with Crippen LogP contribution in [0.1, 0.15) is 5.69 Å². The Labute approximate surface area is 97.2 Å². The highest BCUT2D eigenvalue weighted by Gasteiger charge is 2.12. The Morgan fingerprint density at radius 2 is 2.06 bits per heavy atom. The predicted octanol–water partition coefficient (Wildman–Crippen LogP) is 2.52. The summed E-state index contributed by atoms with van der Waals surface area (Å²) in [6.07, 6.45) is 2.02. The number of hydrogen-bond acceptors (Lipinski definition) is 3. The normalized spacial score (nSPS) is 11.1. The molecule has 0 fully saturated rings. The molecule has 3 rings (SSSR count). The maximum atomic E-state index is 5.80. The van der Waals surface area contributed by atoms with Crippen LogP contribution in [0.4, 0.5) is 0 Å². The number of nitrogens with zero attached hydrogens (tertiary/aromatic N) is 2. The number of rotatable bonds is 2. The molecule has 0 aliphatic carbocycles. The number of nitrogens with two attached hydrogens (primary N) is 1. The SMILES string of the molecule is NCc1c(-c2ccccc2)nc2sccn12. The van der Waals surface area contributed by atoms with E-state index in [0.717, 1.165) is 21.9 Å². The first-order valence-corrected chi connectivity index (χ1v) is 5.98. The van der Waals surface area contributed by atoms with E-state index < -0.39 is 0 Å². The molecule has 0 unspecified atom stereocenters. The van der Waals surface area contributed by atoms with E-state index >= 15 is 0 Å². The third-order valence-electron chi connectivity index (χ3n) is 2.60. The van der Waals surface area contributed by atoms with Crippen LogP contribution in [0.2, 0.25) is 0 Å². The number of hydrogen-bond donors (Lipinski definition) is 1. The van der Waals surface area contributed by atoms with E-state index in [0.29, 0.717) is 6.54 Å². The highest BCUT2D eigenvalue weighted by molar-refractivity contribution is 7.15. The van der Waals surface area contributed by atoms with Crippen molar-refractivity contribution in [3.8, 4) is 11.3 Å². The number of aromatic nitrogens is 2. The first-order chi connectivity index (χ1) is 7.90. The summed E-state index contributed by atoms with van der Waals surface area (Å²) >= 11 is 1.63. The van der Waals surface area contributed by atoms with Gasteiger partial charge in [-0.2, -0.15) is 0 Å². The number of imidazole rings is 1. The molecule has 0 saturated carbocycles. The van der Waals surface area contributed by atoms with E-state index in [2.05, 4.69) is 21.5 Å². The van der Waals surface area contributed by atoms with Gasteiger partial charge in [0.15, 0.2) is 4.96 Å². The third kappa shape index (κ3) is 1.35. The lowest BCUT2D eigenvalue weighted by Crippen LogP contribution is -2.01. The van der Waals surface area contributed by atoms with Crippen LogP contribution in [0.5, 0.6) is 0 Å². The average molecular weight is 229 g/mol. The lowest BCUT2D eigenvalue weighted by Gasteiger charge is -2.00. The Hall–Kier alpha value is -1.65. The minimum atomic E-state index is 0.502. The van der Waals surface area contributed by atoms with E-state index in [1.54, 1.807) is 11.3 Å². The topological polar surface area (TPSA) is 43.3 Å². The average Bonchev–Trinajstić information content (AvgIpc) is 2.89. The first-order valence-electron chi connectivity index (χ1n) is 5.10. The molecule has 0 amide bonds. The summed E-state index contributed by atoms with van der Waals surface area (Å²) in [6.45, 7) is 0.502. The van der Waals surface area contributed by atoms with Gasteiger partial charge in [0.1, 0.15) is 0 Å². The standard InChI is InChI=1S/C12H11N3S/c13-8-10-11(9-4-2-1-3-5-9)14-12-15(10)6-7-16-12/h1-7H,8,13H2. The van der Waals surface area contributed by atoms with Gasteiger partial charge in [-0.3, -0.25) is 4.40 Å². The van der Waals surface area contributed by atoms with Crippen LogP contribution in [0.3, 0.4) is 0 Å². The van der Waals surface area contributed by atoms with Gasteiger partial charge in [0.25, 0.3) is 0 Å². The van der Waals surface area contributed by atoms with E-state index in [9.17, 15) is 0 Å². The second-order valence-electron chi connectivity index (χ2n) is 3.53. The fourth-order valence-corrected chi connectivity index (χ4v) is 2.59. The lowest BCUT2D eigenvalue weighted by molar-refractivity contribution is 0.970. The predicted molar refractivity (Wildman–Crippen MR) is 66.4 cm³/mol. The molecule has 80 valence electrons. The quantitative estimate of drug-likeness (QED) is 0.733. The summed E-state index contributed by atoms with van der Waals surface area (Å²) in [5.41, 5.74) is 8.99. The van der Waals surface area contributed by atoms with Crippen LogP contribution in [0.15, 0.2) is 41.9 Å². The van der Waals surface area contributed by atoms with Gasteiger partial charge in [-0.05, 0) is 0 Å². The molecule has 4 heteroatoms. The van der Waals surface area contributed by atoms with E-state index in [-0.39, 0.29) is 0 Å². The van der Waals surface area contributed by atoms with Gasteiger partial charge < -0.3 is 5.73 Å². The highest BCUT2D eigenvalue weighted by Crippen LogP contribution is 2.25. The van der Waals surface area contributed by atoms with Crippen molar-refractivity contribution in [2.75, 3.05) is 0 Å². The number of fused-ring (bicyclic) bond motifs is 1. The molecule has 16 heavy (non-hydrogen) atoms. The minimum absolute atomic E-state index is 0.502. The molecule has 0 aliphatic rings. The van der Waals surface area contributed by atoms with Gasteiger partial charge in [0, 0.05) is 23.7 Å². The van der Waals surface area contributed by atoms with Crippen molar-refractivity contribution in [1.29, 1.82) is 0 Å². The maximum Gasteiger partial charge on any atom is 0.194 e. The zero-order chi connectivity index (χ0) is 11.0. The second kappa shape index (κ2) is 3.73. The molecule has 3 nitrogen and oxygen atoms in total. The van der Waals surface area contributed by atoms with Crippen molar-refractivity contribution in [1.82, 2.24) is 9.38 Å². The van der Waals surface area contributed by atoms with Gasteiger partial charge in [0.05, 0.1) is 11.4 Å². The fourth-order valence-electron chi connectivity index (χ4n) is 1.85. The summed E-state index contributed by atoms with van der Waals surface area (Å²) in [7, 11) is 0. The fraction of sp³-hybridized carbons (Fsp3) is 0.0833. The second-order valence-corrected chi connectivity index (χ2v) is 4.41. The van der Waals surface area contributed by atoms with E-state index in [4.69, 9.17) is 5.73 Å². The third-order valence-corrected chi connectivity index (χ3v) is 3.36. The molecule has 0 atom stereocenters. The Bertz CT molecular complexity index is 610. The van der Waals surface area contributed by atoms with Crippen LogP contribution in [0.25, 0.3) is 16.2 Å². The van der Waals surface area contributed by atoms with Crippen molar-refractivity contribution in [3.05, 3.63) is 47.6 Å². The smallest absolute Gasteiger partial charge is 0.194 e. The summed E-state index contributed by atoms with van der Waals surface area (Å²) < 4.78 is 2.06. The molecular formula is C12H11N3S. The molecule has 1 aromatic carbocycles. The van der Waals surface area contributed by atoms with Crippen LogP contribution < -0.4 is 5.73 Å². The number of thiazole rings is 1. The van der Waals surface area contributed by atoms with Gasteiger partial charge in [0.2, 0.25) is 0 Å². The Kier molecular flexibility index (Phi) is 2.23. The molecule has 0 saturated heterocycles. The lowest BCUT2D eigenvalue weighted by atomic mass is 10.1. The van der Waals surface area contributed by atoms with Crippen molar-refractivity contribution in [3.63, 3.8) is 0 Å². The molecule has 0 radical (unpaired) electrons. The van der Waals surface area contributed by atoms with Crippen LogP contribution in [-0.2, 0) is 6.54 Å². The summed E-state index contributed by atoms with van der Waals surface area (Å²) in [6, 6.07) is 10.2. The van der Waals surface area contributed by atoms with E-state index in [1.807, 2.05) is 29.8 Å². The number of benzene rings is 1. The van der Waals surface area contributed by atoms with Gasteiger partial charge in [-0.1, -0.05) is 30.3 Å². The van der Waals surface area contributed by atoms with Crippen molar-refractivity contribution >= 4 is 16.3 Å².